The molecule has 100 valence electrons. The van der Waals surface area contributed by atoms with E-state index < -0.39 is 0 Å². The zero-order valence-corrected chi connectivity index (χ0v) is 11.9. The standard InChI is InChI=1S/C15H17ClN2O/c1-3-12-10(2)15(18-14(19)8-9-16)11-6-4-5-7-13(11)17-12/h4-7H,3,8-9H2,1-2H3,(H,17,18,19). The molecule has 1 heterocycles. The zero-order valence-electron chi connectivity index (χ0n) is 11.2. The molecule has 1 aromatic carbocycles. The molecule has 0 fully saturated rings. The van der Waals surface area contributed by atoms with Crippen molar-refractivity contribution in [3.8, 4) is 0 Å². The van der Waals surface area contributed by atoms with Crippen LogP contribution in [0.1, 0.15) is 24.6 Å². The molecule has 0 bridgehead atoms. The summed E-state index contributed by atoms with van der Waals surface area (Å²) in [6, 6.07) is 7.84. The fourth-order valence-electron chi connectivity index (χ4n) is 2.15. The molecule has 1 N–H and O–H groups in total. The molecule has 0 atom stereocenters. The SMILES string of the molecule is CCc1nc2ccccc2c(NC(=O)CCCl)c1C. The van der Waals surface area contributed by atoms with Crippen LogP contribution in [0, 0.1) is 6.92 Å². The van der Waals surface area contributed by atoms with Crippen LogP contribution in [0.4, 0.5) is 5.69 Å². The van der Waals surface area contributed by atoms with E-state index in [-0.39, 0.29) is 5.91 Å². The number of alkyl halides is 1. The Labute approximate surface area is 118 Å². The third-order valence-corrected chi connectivity index (χ3v) is 3.35. The Balaban J connectivity index is 2.55. The van der Waals surface area contributed by atoms with Crippen molar-refractivity contribution in [2.45, 2.75) is 26.7 Å². The fraction of sp³-hybridized carbons (Fsp3) is 0.333. The minimum Gasteiger partial charge on any atom is -0.325 e. The summed E-state index contributed by atoms with van der Waals surface area (Å²) in [5, 5.41) is 3.94. The number of hydrogen-bond acceptors (Lipinski definition) is 2. The molecule has 0 aliphatic rings. The molecular formula is C15H17ClN2O. The zero-order chi connectivity index (χ0) is 13.8. The van der Waals surface area contributed by atoms with Crippen molar-refractivity contribution in [3.63, 3.8) is 0 Å². The summed E-state index contributed by atoms with van der Waals surface area (Å²) in [5.41, 5.74) is 3.81. The van der Waals surface area contributed by atoms with Gasteiger partial charge in [0.15, 0.2) is 0 Å². The van der Waals surface area contributed by atoms with Gasteiger partial charge in [-0.25, -0.2) is 0 Å². The molecule has 0 radical (unpaired) electrons. The number of pyridine rings is 1. The van der Waals surface area contributed by atoms with E-state index in [4.69, 9.17) is 11.6 Å². The van der Waals surface area contributed by atoms with Gasteiger partial charge in [-0.1, -0.05) is 25.1 Å². The molecule has 0 saturated heterocycles. The van der Waals surface area contributed by atoms with Crippen LogP contribution in [0.25, 0.3) is 10.9 Å². The van der Waals surface area contributed by atoms with Crippen LogP contribution in [-0.4, -0.2) is 16.8 Å². The number of nitrogens with zero attached hydrogens (tertiary/aromatic N) is 1. The maximum Gasteiger partial charge on any atom is 0.225 e. The number of carbonyl (C=O) groups excluding carboxylic acids is 1. The van der Waals surface area contributed by atoms with E-state index in [1.54, 1.807) is 0 Å². The smallest absolute Gasteiger partial charge is 0.225 e. The molecule has 3 nitrogen and oxygen atoms in total. The molecule has 19 heavy (non-hydrogen) atoms. The maximum atomic E-state index is 11.8. The topological polar surface area (TPSA) is 42.0 Å². The fourth-order valence-corrected chi connectivity index (χ4v) is 2.32. The number of para-hydroxylation sites is 1. The number of hydrogen-bond donors (Lipinski definition) is 1. The summed E-state index contributed by atoms with van der Waals surface area (Å²) in [7, 11) is 0. The minimum atomic E-state index is -0.0588. The second kappa shape index (κ2) is 6.02. The van der Waals surface area contributed by atoms with Crippen LogP contribution in [-0.2, 0) is 11.2 Å². The number of carbonyl (C=O) groups is 1. The highest BCUT2D eigenvalue weighted by Crippen LogP contribution is 2.28. The van der Waals surface area contributed by atoms with E-state index in [2.05, 4.69) is 17.2 Å². The van der Waals surface area contributed by atoms with Crippen molar-refractivity contribution in [3.05, 3.63) is 35.5 Å². The summed E-state index contributed by atoms with van der Waals surface area (Å²) in [6.07, 6.45) is 1.16. The molecule has 0 aliphatic heterocycles. The second-order valence-corrected chi connectivity index (χ2v) is 4.79. The van der Waals surface area contributed by atoms with Crippen LogP contribution in [0.2, 0.25) is 0 Å². The van der Waals surface area contributed by atoms with E-state index in [1.807, 2.05) is 31.2 Å². The van der Waals surface area contributed by atoms with Crippen LogP contribution in [0.15, 0.2) is 24.3 Å². The molecule has 2 aromatic rings. The van der Waals surface area contributed by atoms with Gasteiger partial charge in [0.1, 0.15) is 0 Å². The molecular weight excluding hydrogens is 260 g/mol. The predicted octanol–water partition coefficient (Wildman–Crippen LogP) is 3.67. The van der Waals surface area contributed by atoms with E-state index >= 15 is 0 Å². The molecule has 0 saturated carbocycles. The van der Waals surface area contributed by atoms with Crippen LogP contribution >= 0.6 is 11.6 Å². The Bertz CT molecular complexity index is 610. The number of anilines is 1. The Morgan fingerprint density at radius 1 is 1.37 bits per heavy atom. The number of rotatable bonds is 4. The lowest BCUT2D eigenvalue weighted by Gasteiger charge is -2.14. The highest BCUT2D eigenvalue weighted by Gasteiger charge is 2.12. The van der Waals surface area contributed by atoms with Crippen molar-refractivity contribution in [1.29, 1.82) is 0 Å². The van der Waals surface area contributed by atoms with E-state index in [0.29, 0.717) is 12.3 Å². The lowest BCUT2D eigenvalue weighted by molar-refractivity contribution is -0.115. The van der Waals surface area contributed by atoms with Crippen LogP contribution in [0.5, 0.6) is 0 Å². The molecule has 1 aromatic heterocycles. The van der Waals surface area contributed by atoms with Gasteiger partial charge in [0, 0.05) is 23.4 Å². The first-order valence-corrected chi connectivity index (χ1v) is 6.94. The van der Waals surface area contributed by atoms with Crippen LogP contribution in [0.3, 0.4) is 0 Å². The van der Waals surface area contributed by atoms with Gasteiger partial charge in [-0.2, -0.15) is 0 Å². The summed E-state index contributed by atoms with van der Waals surface area (Å²) in [5.74, 6) is 0.269. The quantitative estimate of drug-likeness (QED) is 0.866. The largest absolute Gasteiger partial charge is 0.325 e. The van der Waals surface area contributed by atoms with Crippen molar-refractivity contribution in [2.75, 3.05) is 11.2 Å². The Hall–Kier alpha value is -1.61. The van der Waals surface area contributed by atoms with Gasteiger partial charge in [-0.15, -0.1) is 11.6 Å². The number of fused-ring (bicyclic) bond motifs is 1. The van der Waals surface area contributed by atoms with Gasteiger partial charge in [0.2, 0.25) is 5.91 Å². The van der Waals surface area contributed by atoms with Crippen molar-refractivity contribution < 1.29 is 4.79 Å². The molecule has 0 spiro atoms. The first-order chi connectivity index (χ1) is 9.17. The summed E-state index contributed by atoms with van der Waals surface area (Å²) in [4.78, 5) is 16.4. The molecule has 0 unspecified atom stereocenters. The lowest BCUT2D eigenvalue weighted by atomic mass is 10.1. The Kier molecular flexibility index (Phi) is 4.38. The molecule has 2 rings (SSSR count). The average Bonchev–Trinajstić information content (AvgIpc) is 2.42. The Morgan fingerprint density at radius 3 is 2.79 bits per heavy atom. The van der Waals surface area contributed by atoms with Gasteiger partial charge in [0.05, 0.1) is 11.2 Å². The average molecular weight is 277 g/mol. The van der Waals surface area contributed by atoms with Crippen molar-refractivity contribution >= 4 is 34.1 Å². The number of aryl methyl sites for hydroxylation is 1. The minimum absolute atomic E-state index is 0.0588. The van der Waals surface area contributed by atoms with Gasteiger partial charge in [-0.3, -0.25) is 9.78 Å². The van der Waals surface area contributed by atoms with Gasteiger partial charge < -0.3 is 5.32 Å². The number of halogens is 1. The lowest BCUT2D eigenvalue weighted by Crippen LogP contribution is -2.14. The predicted molar refractivity (Wildman–Crippen MR) is 79.8 cm³/mol. The Morgan fingerprint density at radius 2 is 2.11 bits per heavy atom. The third kappa shape index (κ3) is 2.87. The first kappa shape index (κ1) is 13.8. The highest BCUT2D eigenvalue weighted by atomic mass is 35.5. The van der Waals surface area contributed by atoms with Gasteiger partial charge >= 0.3 is 0 Å². The maximum absolute atomic E-state index is 11.8. The summed E-state index contributed by atoms with van der Waals surface area (Å²) in [6.45, 7) is 4.06. The third-order valence-electron chi connectivity index (χ3n) is 3.16. The van der Waals surface area contributed by atoms with E-state index in [0.717, 1.165) is 34.3 Å². The summed E-state index contributed by atoms with van der Waals surface area (Å²) >= 11 is 5.61. The molecule has 1 amide bonds. The van der Waals surface area contributed by atoms with E-state index in [1.165, 1.54) is 0 Å². The summed E-state index contributed by atoms with van der Waals surface area (Å²) < 4.78 is 0. The molecule has 4 heteroatoms. The molecule has 0 aliphatic carbocycles. The van der Waals surface area contributed by atoms with E-state index in [9.17, 15) is 4.79 Å². The first-order valence-electron chi connectivity index (χ1n) is 6.41. The van der Waals surface area contributed by atoms with Crippen LogP contribution < -0.4 is 5.32 Å². The van der Waals surface area contributed by atoms with Gasteiger partial charge in [-0.05, 0) is 25.0 Å². The highest BCUT2D eigenvalue weighted by molar-refractivity contribution is 6.19. The monoisotopic (exact) mass is 276 g/mol. The number of benzene rings is 1. The number of amides is 1. The van der Waals surface area contributed by atoms with Gasteiger partial charge in [0.25, 0.3) is 0 Å². The van der Waals surface area contributed by atoms with Crippen molar-refractivity contribution in [1.82, 2.24) is 4.98 Å². The number of aromatic nitrogens is 1. The number of nitrogens with one attached hydrogen (secondary N) is 1. The van der Waals surface area contributed by atoms with Crippen molar-refractivity contribution in [2.24, 2.45) is 0 Å². The second-order valence-electron chi connectivity index (χ2n) is 4.42. The normalized spacial score (nSPS) is 10.7.